The van der Waals surface area contributed by atoms with Gasteiger partial charge in [0.25, 0.3) is 0 Å². The zero-order chi connectivity index (χ0) is 17.4. The van der Waals surface area contributed by atoms with Crippen LogP contribution in [0.25, 0.3) is 0 Å². The third-order valence-corrected chi connectivity index (χ3v) is 4.50. The van der Waals surface area contributed by atoms with E-state index in [1.54, 1.807) is 11.3 Å². The molecule has 0 aliphatic rings. The number of aromatic nitrogens is 1. The Balaban J connectivity index is 0.00000312. The molecule has 3 N–H and O–H groups in total. The summed E-state index contributed by atoms with van der Waals surface area (Å²) in [4.78, 5) is 10.1. The number of aliphatic imine (C=N–C) groups is 1. The van der Waals surface area contributed by atoms with E-state index in [0.717, 1.165) is 36.0 Å². The molecule has 0 spiro atoms. The van der Waals surface area contributed by atoms with Gasteiger partial charge in [-0.25, -0.2) is 4.98 Å². The number of nitrogens with one attached hydrogen (secondary N) is 2. The number of hydrogen-bond donors (Lipinski definition) is 3. The first-order chi connectivity index (χ1) is 11.6. The second-order valence-corrected chi connectivity index (χ2v) is 7.01. The normalized spacial score (nSPS) is 12.4. The molecule has 7 heteroatoms. The van der Waals surface area contributed by atoms with E-state index in [9.17, 15) is 5.11 Å². The minimum Gasteiger partial charge on any atom is -0.386 e. The summed E-state index contributed by atoms with van der Waals surface area (Å²) >= 11 is 1.72. The first-order valence-electron chi connectivity index (χ1n) is 8.26. The van der Waals surface area contributed by atoms with Crippen molar-refractivity contribution in [2.24, 2.45) is 4.99 Å². The fraction of sp³-hybridized carbons (Fsp3) is 0.444. The van der Waals surface area contributed by atoms with Crippen molar-refractivity contribution in [1.29, 1.82) is 0 Å². The van der Waals surface area contributed by atoms with E-state index < -0.39 is 6.10 Å². The highest BCUT2D eigenvalue weighted by Crippen LogP contribution is 2.14. The highest BCUT2D eigenvalue weighted by Gasteiger charge is 2.07. The highest BCUT2D eigenvalue weighted by molar-refractivity contribution is 14.0. The predicted molar refractivity (Wildman–Crippen MR) is 116 cm³/mol. The molecule has 1 aromatic heterocycles. The molecule has 0 amide bonds. The van der Waals surface area contributed by atoms with Crippen LogP contribution in [0.5, 0.6) is 0 Å². The average Bonchev–Trinajstić information content (AvgIpc) is 2.98. The van der Waals surface area contributed by atoms with Crippen LogP contribution in [0.3, 0.4) is 0 Å². The smallest absolute Gasteiger partial charge is 0.191 e. The van der Waals surface area contributed by atoms with E-state index in [1.165, 1.54) is 10.4 Å². The molecular formula is C18H27IN4OS. The van der Waals surface area contributed by atoms with Crippen LogP contribution in [0.15, 0.2) is 35.5 Å². The van der Waals surface area contributed by atoms with Gasteiger partial charge >= 0.3 is 0 Å². The molecule has 1 atom stereocenters. The molecule has 0 fully saturated rings. The second-order valence-electron chi connectivity index (χ2n) is 5.69. The molecule has 138 valence electrons. The van der Waals surface area contributed by atoms with E-state index in [-0.39, 0.29) is 24.0 Å². The molecule has 1 heterocycles. The summed E-state index contributed by atoms with van der Waals surface area (Å²) in [6.07, 6.45) is 2.17. The number of guanidine groups is 1. The summed E-state index contributed by atoms with van der Waals surface area (Å²) in [6, 6.07) is 7.89. The minimum absolute atomic E-state index is 0. The van der Waals surface area contributed by atoms with Gasteiger partial charge in [0, 0.05) is 30.6 Å². The Kier molecular flexibility index (Phi) is 9.99. The summed E-state index contributed by atoms with van der Waals surface area (Å²) in [5.74, 6) is 0.719. The van der Waals surface area contributed by atoms with Crippen molar-refractivity contribution in [3.05, 3.63) is 51.5 Å². The summed E-state index contributed by atoms with van der Waals surface area (Å²) in [5, 5.41) is 17.9. The van der Waals surface area contributed by atoms with Crippen LogP contribution in [-0.2, 0) is 6.42 Å². The highest BCUT2D eigenvalue weighted by atomic mass is 127. The molecule has 25 heavy (non-hydrogen) atoms. The van der Waals surface area contributed by atoms with Crippen LogP contribution in [0.1, 0.15) is 34.0 Å². The first kappa shape index (κ1) is 21.9. The maximum atomic E-state index is 10.3. The van der Waals surface area contributed by atoms with Crippen LogP contribution >= 0.6 is 35.3 Å². The molecule has 1 aromatic carbocycles. The number of rotatable bonds is 7. The van der Waals surface area contributed by atoms with Crippen LogP contribution in [-0.4, -0.2) is 35.7 Å². The maximum Gasteiger partial charge on any atom is 0.191 e. The number of thiazole rings is 1. The Morgan fingerprint density at radius 1 is 1.24 bits per heavy atom. The number of aliphatic hydroxyl groups excluding tert-OH is 1. The van der Waals surface area contributed by atoms with Gasteiger partial charge in [0.1, 0.15) is 0 Å². The van der Waals surface area contributed by atoms with E-state index in [2.05, 4.69) is 27.5 Å². The van der Waals surface area contributed by atoms with Crippen molar-refractivity contribution in [1.82, 2.24) is 15.6 Å². The van der Waals surface area contributed by atoms with Gasteiger partial charge < -0.3 is 15.7 Å². The Bertz CT molecular complexity index is 657. The standard InChI is InChI=1S/C18H26N4OS.HI/c1-4-19-18(20-10-9-17-21-11-14(3)24-17)22-12-16(23)15-7-5-13(2)6-8-15;/h5-8,11,16,23H,4,9-10,12H2,1-3H3,(H2,19,20,22);1H. The zero-order valence-corrected chi connectivity index (χ0v) is 18.1. The number of aliphatic hydroxyl groups is 1. The van der Waals surface area contributed by atoms with Crippen LogP contribution in [0.4, 0.5) is 0 Å². The van der Waals surface area contributed by atoms with Gasteiger partial charge in [0.2, 0.25) is 0 Å². The van der Waals surface area contributed by atoms with Gasteiger partial charge in [0.05, 0.1) is 17.7 Å². The average molecular weight is 474 g/mol. The summed E-state index contributed by atoms with van der Waals surface area (Å²) in [6.45, 7) is 7.99. The van der Waals surface area contributed by atoms with E-state index >= 15 is 0 Å². The summed E-state index contributed by atoms with van der Waals surface area (Å²) in [7, 11) is 0. The fourth-order valence-corrected chi connectivity index (χ4v) is 3.00. The molecule has 5 nitrogen and oxygen atoms in total. The van der Waals surface area contributed by atoms with E-state index in [1.807, 2.05) is 44.3 Å². The number of halogens is 1. The van der Waals surface area contributed by atoms with Gasteiger partial charge in [0.15, 0.2) is 5.96 Å². The molecule has 0 aliphatic heterocycles. The van der Waals surface area contributed by atoms with E-state index in [4.69, 9.17) is 0 Å². The topological polar surface area (TPSA) is 69.5 Å². The van der Waals surface area contributed by atoms with E-state index in [0.29, 0.717) is 6.54 Å². The first-order valence-corrected chi connectivity index (χ1v) is 9.08. The van der Waals surface area contributed by atoms with Gasteiger partial charge in [-0.15, -0.1) is 35.3 Å². The molecule has 0 aliphatic carbocycles. The molecule has 0 radical (unpaired) electrons. The Morgan fingerprint density at radius 2 is 1.96 bits per heavy atom. The van der Waals surface area contributed by atoms with Gasteiger partial charge in [-0.2, -0.15) is 0 Å². The molecule has 2 aromatic rings. The molecule has 2 rings (SSSR count). The Morgan fingerprint density at radius 3 is 2.56 bits per heavy atom. The molecule has 0 saturated heterocycles. The second kappa shape index (κ2) is 11.4. The quantitative estimate of drug-likeness (QED) is 0.328. The lowest BCUT2D eigenvalue weighted by Crippen LogP contribution is -2.38. The van der Waals surface area contributed by atoms with Crippen molar-refractivity contribution in [2.45, 2.75) is 33.3 Å². The molecule has 1 unspecified atom stereocenters. The van der Waals surface area contributed by atoms with Crippen molar-refractivity contribution in [3.63, 3.8) is 0 Å². The number of benzene rings is 1. The summed E-state index contributed by atoms with van der Waals surface area (Å²) in [5.41, 5.74) is 2.07. The zero-order valence-electron chi connectivity index (χ0n) is 15.0. The monoisotopic (exact) mass is 474 g/mol. The van der Waals surface area contributed by atoms with Crippen LogP contribution in [0, 0.1) is 13.8 Å². The Labute approximate surface area is 171 Å². The van der Waals surface area contributed by atoms with Crippen molar-refractivity contribution in [2.75, 3.05) is 19.6 Å². The third-order valence-electron chi connectivity index (χ3n) is 3.53. The fourth-order valence-electron chi connectivity index (χ4n) is 2.22. The largest absolute Gasteiger partial charge is 0.386 e. The molecule has 0 bridgehead atoms. The van der Waals surface area contributed by atoms with Crippen molar-refractivity contribution in [3.8, 4) is 0 Å². The van der Waals surface area contributed by atoms with Gasteiger partial charge in [-0.1, -0.05) is 29.8 Å². The maximum absolute atomic E-state index is 10.3. The number of aryl methyl sites for hydroxylation is 2. The lowest BCUT2D eigenvalue weighted by Gasteiger charge is -2.13. The van der Waals surface area contributed by atoms with Crippen LogP contribution in [0.2, 0.25) is 0 Å². The number of hydrogen-bond acceptors (Lipinski definition) is 4. The Hall–Kier alpha value is -1.19. The van der Waals surface area contributed by atoms with Crippen molar-refractivity contribution >= 4 is 41.3 Å². The predicted octanol–water partition coefficient (Wildman–Crippen LogP) is 3.21. The SMILES string of the molecule is CCNC(=NCC(O)c1ccc(C)cc1)NCCc1ncc(C)s1.I. The summed E-state index contributed by atoms with van der Waals surface area (Å²) < 4.78 is 0. The van der Waals surface area contributed by atoms with Crippen molar-refractivity contribution < 1.29 is 5.11 Å². The van der Waals surface area contributed by atoms with Gasteiger partial charge in [-0.05, 0) is 26.3 Å². The number of nitrogens with zero attached hydrogens (tertiary/aromatic N) is 2. The lowest BCUT2D eigenvalue weighted by atomic mass is 10.1. The minimum atomic E-state index is -0.595. The molecule has 0 saturated carbocycles. The van der Waals surface area contributed by atoms with Gasteiger partial charge in [-0.3, -0.25) is 4.99 Å². The third kappa shape index (κ3) is 7.70. The lowest BCUT2D eigenvalue weighted by molar-refractivity contribution is 0.187. The molecular weight excluding hydrogens is 447 g/mol. The van der Waals surface area contributed by atoms with Crippen LogP contribution < -0.4 is 10.6 Å².